The van der Waals surface area contributed by atoms with Gasteiger partial charge in [-0.05, 0) is 20.0 Å². The predicted molar refractivity (Wildman–Crippen MR) is 39.0 cm³/mol. The molecule has 0 radical (unpaired) electrons. The van der Waals surface area contributed by atoms with E-state index in [2.05, 4.69) is 10.6 Å². The highest BCUT2D eigenvalue weighted by atomic mass is 16.6. The van der Waals surface area contributed by atoms with Crippen LogP contribution >= 0.6 is 0 Å². The van der Waals surface area contributed by atoms with Crippen LogP contribution in [0.4, 0.5) is 0 Å². The van der Waals surface area contributed by atoms with Gasteiger partial charge in [0.1, 0.15) is 0 Å². The smallest absolute Gasteiger partial charge is 0.230 e. The first-order valence-corrected chi connectivity index (χ1v) is 3.40. The van der Waals surface area contributed by atoms with E-state index in [1.54, 1.807) is 7.05 Å². The molecule has 0 fully saturated rings. The highest BCUT2D eigenvalue weighted by Gasteiger charge is 2.03. The Labute approximate surface area is 65.6 Å². The van der Waals surface area contributed by atoms with Crippen LogP contribution in [-0.2, 0) is 0 Å². The first-order valence-electron chi connectivity index (χ1n) is 3.40. The predicted octanol–water partition coefficient (Wildman–Crippen LogP) is -0.206. The maximum absolute atomic E-state index is 10.5. The van der Waals surface area contributed by atoms with Gasteiger partial charge in [0.25, 0.3) is 0 Å². The summed E-state index contributed by atoms with van der Waals surface area (Å²) in [5.74, 6) is 0. The Bertz CT molecular complexity index is 128. The molecule has 0 aromatic carbocycles. The van der Waals surface area contributed by atoms with Crippen LogP contribution in [0.1, 0.15) is 6.42 Å². The molecule has 0 saturated heterocycles. The summed E-state index contributed by atoms with van der Waals surface area (Å²) in [7, 11) is 3.40. The average Bonchev–Trinajstić information content (AvgIpc) is 2.03. The van der Waals surface area contributed by atoms with Crippen LogP contribution in [0.5, 0.6) is 0 Å². The van der Waals surface area contributed by atoms with Gasteiger partial charge in [0.05, 0.1) is 18.6 Å². The molecule has 0 heterocycles. The van der Waals surface area contributed by atoms with Crippen LogP contribution in [0.15, 0.2) is 5.28 Å². The van der Waals surface area contributed by atoms with Crippen molar-refractivity contribution in [1.82, 2.24) is 10.3 Å². The van der Waals surface area contributed by atoms with E-state index in [-0.39, 0.29) is 4.97 Å². The molecule has 0 atom stereocenters. The molecule has 0 rings (SSSR count). The molecule has 0 unspecified atom stereocenters. The lowest BCUT2D eigenvalue weighted by atomic mass is 10.4. The third-order valence-electron chi connectivity index (χ3n) is 1.28. The molecule has 2 N–H and O–H groups in total. The zero-order chi connectivity index (χ0) is 8.69. The van der Waals surface area contributed by atoms with Crippen molar-refractivity contribution >= 4 is 0 Å². The lowest BCUT2D eigenvalue weighted by Gasteiger charge is -2.11. The molecule has 66 valence electrons. The van der Waals surface area contributed by atoms with Crippen molar-refractivity contribution in [3.63, 3.8) is 0 Å². The molecule has 0 aromatic heterocycles. The number of rotatable bonds is 5. The molecule has 0 saturated carbocycles. The summed E-state index contributed by atoms with van der Waals surface area (Å²) in [6, 6.07) is 0. The number of hydrazine groups is 1. The molecule has 0 amide bonds. The minimum atomic E-state index is 0.148. The van der Waals surface area contributed by atoms with E-state index in [0.717, 1.165) is 13.0 Å². The highest BCUT2D eigenvalue weighted by Crippen LogP contribution is 1.86. The summed E-state index contributed by atoms with van der Waals surface area (Å²) in [5, 5.41) is 25.2. The van der Waals surface area contributed by atoms with E-state index in [0.29, 0.717) is 6.54 Å². The molecule has 0 aliphatic rings. The van der Waals surface area contributed by atoms with E-state index in [9.17, 15) is 5.21 Å². The summed E-state index contributed by atoms with van der Waals surface area (Å²) in [5.41, 5.74) is 0. The summed E-state index contributed by atoms with van der Waals surface area (Å²) >= 11 is 0. The van der Waals surface area contributed by atoms with Gasteiger partial charge in [0, 0.05) is 0 Å². The molecule has 6 nitrogen and oxygen atoms in total. The quantitative estimate of drug-likeness (QED) is 0.254. The maximum atomic E-state index is 10.5. The SMILES string of the molecule is CNCCCN(C)/[N+]([O-])=N/O. The van der Waals surface area contributed by atoms with Crippen LogP contribution in [0.2, 0.25) is 0 Å². The topological polar surface area (TPSA) is 73.9 Å². The fraction of sp³-hybridized carbons (Fsp3) is 1.00. The van der Waals surface area contributed by atoms with Gasteiger partial charge < -0.3 is 15.7 Å². The largest absolute Gasteiger partial charge is 0.569 e. The van der Waals surface area contributed by atoms with Gasteiger partial charge in [-0.25, -0.2) is 0 Å². The van der Waals surface area contributed by atoms with Gasteiger partial charge in [-0.15, -0.1) is 5.01 Å². The van der Waals surface area contributed by atoms with Gasteiger partial charge >= 0.3 is 0 Å². The van der Waals surface area contributed by atoms with Gasteiger partial charge in [0.15, 0.2) is 0 Å². The van der Waals surface area contributed by atoms with Crippen LogP contribution < -0.4 is 5.32 Å². The number of hydrogen-bond donors (Lipinski definition) is 2. The second-order valence-corrected chi connectivity index (χ2v) is 2.18. The Kier molecular flexibility index (Phi) is 5.18. The maximum Gasteiger partial charge on any atom is 0.230 e. The Morgan fingerprint density at radius 3 is 2.82 bits per heavy atom. The number of hydrogen-bond acceptors (Lipinski definition) is 3. The molecule has 0 bridgehead atoms. The van der Waals surface area contributed by atoms with Crippen molar-refractivity contribution in [1.29, 1.82) is 0 Å². The van der Waals surface area contributed by atoms with E-state index >= 15 is 0 Å². The summed E-state index contributed by atoms with van der Waals surface area (Å²) in [6.07, 6.45) is 0.835. The second kappa shape index (κ2) is 5.72. The Balaban J connectivity index is 3.44. The number of nitrogens with zero attached hydrogens (tertiary/aromatic N) is 3. The van der Waals surface area contributed by atoms with Crippen molar-refractivity contribution in [3.05, 3.63) is 5.21 Å². The van der Waals surface area contributed by atoms with Crippen molar-refractivity contribution < 1.29 is 10.2 Å². The molecule has 6 heteroatoms. The Hall–Kier alpha value is -1.04. The van der Waals surface area contributed by atoms with Gasteiger partial charge in [-0.2, -0.15) is 0 Å². The lowest BCUT2D eigenvalue weighted by Crippen LogP contribution is -2.28. The summed E-state index contributed by atoms with van der Waals surface area (Å²) in [4.78, 5) is 0.148. The second-order valence-electron chi connectivity index (χ2n) is 2.18. The van der Waals surface area contributed by atoms with E-state index < -0.39 is 0 Å². The minimum absolute atomic E-state index is 0.148. The van der Waals surface area contributed by atoms with Crippen LogP contribution in [0.3, 0.4) is 0 Å². The van der Waals surface area contributed by atoms with Gasteiger partial charge in [-0.3, -0.25) is 0 Å². The average molecular weight is 162 g/mol. The van der Waals surface area contributed by atoms with Gasteiger partial charge in [0.2, 0.25) is 5.28 Å². The van der Waals surface area contributed by atoms with Crippen LogP contribution in [-0.4, -0.2) is 42.4 Å². The molecule has 0 spiro atoms. The fourth-order valence-corrected chi connectivity index (χ4v) is 0.638. The highest BCUT2D eigenvalue weighted by molar-refractivity contribution is 4.42. The Morgan fingerprint density at radius 2 is 2.36 bits per heavy atom. The number of nitrogens with one attached hydrogen (secondary N) is 1. The standard InChI is InChI=1S/C5H14N4O2/c1-6-4-3-5-8(2)9(11)7-10/h6,10H,3-5H2,1-2H3/b9-7-. The van der Waals surface area contributed by atoms with Crippen molar-refractivity contribution in [3.8, 4) is 0 Å². The fourth-order valence-electron chi connectivity index (χ4n) is 0.638. The third-order valence-corrected chi connectivity index (χ3v) is 1.28. The molecule has 0 aliphatic heterocycles. The van der Waals surface area contributed by atoms with Crippen molar-refractivity contribution in [2.45, 2.75) is 6.42 Å². The zero-order valence-electron chi connectivity index (χ0n) is 6.82. The first-order chi connectivity index (χ1) is 5.22. The lowest BCUT2D eigenvalue weighted by molar-refractivity contribution is -0.704. The summed E-state index contributed by atoms with van der Waals surface area (Å²) in [6.45, 7) is 1.40. The first kappa shape index (κ1) is 9.96. The van der Waals surface area contributed by atoms with Crippen molar-refractivity contribution in [2.24, 2.45) is 5.28 Å². The zero-order valence-corrected chi connectivity index (χ0v) is 6.82. The van der Waals surface area contributed by atoms with E-state index in [1.807, 2.05) is 7.05 Å². The van der Waals surface area contributed by atoms with Gasteiger partial charge in [-0.1, -0.05) is 0 Å². The van der Waals surface area contributed by atoms with Crippen LogP contribution in [0.25, 0.3) is 0 Å². The van der Waals surface area contributed by atoms with Crippen LogP contribution in [0, 0.1) is 5.21 Å². The Morgan fingerprint density at radius 1 is 1.73 bits per heavy atom. The van der Waals surface area contributed by atoms with E-state index in [1.165, 1.54) is 5.01 Å². The normalized spacial score (nSPS) is 11.6. The minimum Gasteiger partial charge on any atom is -0.569 e. The van der Waals surface area contributed by atoms with E-state index in [4.69, 9.17) is 5.21 Å². The molecular formula is C5H14N4O2. The molecular weight excluding hydrogens is 148 g/mol. The third kappa shape index (κ3) is 4.38. The van der Waals surface area contributed by atoms with Crippen molar-refractivity contribution in [2.75, 3.05) is 27.2 Å². The summed E-state index contributed by atoms with van der Waals surface area (Å²) < 4.78 is 0. The molecule has 11 heavy (non-hydrogen) atoms. The molecule has 0 aliphatic carbocycles. The molecule has 0 aromatic rings. The monoisotopic (exact) mass is 162 g/mol.